The zero-order valence-electron chi connectivity index (χ0n) is 8.33. The smallest absolute Gasteiger partial charge is 0.246 e. The van der Waals surface area contributed by atoms with Gasteiger partial charge in [-0.05, 0) is 20.8 Å². The average molecular weight is 218 g/mol. The maximum atomic E-state index is 11.7. The molecule has 0 aliphatic rings. The molecule has 0 spiro atoms. The maximum absolute atomic E-state index is 11.7. The zero-order chi connectivity index (χ0) is 11.0. The molecule has 0 atom stereocenters. The van der Waals surface area contributed by atoms with Crippen LogP contribution < -0.4 is 10.5 Å². The van der Waals surface area contributed by atoms with Gasteiger partial charge in [0, 0.05) is 5.54 Å². The summed E-state index contributed by atoms with van der Waals surface area (Å²) in [6, 6.07) is 0. The molecule has 1 rings (SSSR count). The number of hydrogen-bond acceptors (Lipinski definition) is 4. The first-order chi connectivity index (χ1) is 6.22. The van der Waals surface area contributed by atoms with Crippen molar-refractivity contribution in [2.45, 2.75) is 31.2 Å². The van der Waals surface area contributed by atoms with Gasteiger partial charge in [0.15, 0.2) is 0 Å². The van der Waals surface area contributed by atoms with Gasteiger partial charge in [-0.1, -0.05) is 0 Å². The Morgan fingerprint density at radius 1 is 1.50 bits per heavy atom. The van der Waals surface area contributed by atoms with Crippen molar-refractivity contribution in [3.05, 3.63) is 6.20 Å². The summed E-state index contributed by atoms with van der Waals surface area (Å²) in [6.45, 7) is 5.25. The normalized spacial score (nSPS) is 13.1. The number of sulfonamides is 1. The summed E-state index contributed by atoms with van der Waals surface area (Å²) in [5.41, 5.74) is 4.87. The fourth-order valence-electron chi connectivity index (χ4n) is 0.957. The number of nitrogen functional groups attached to an aromatic ring is 1. The highest BCUT2D eigenvalue weighted by atomic mass is 32.2. The highest BCUT2D eigenvalue weighted by Gasteiger charge is 2.24. The third kappa shape index (κ3) is 2.46. The zero-order valence-corrected chi connectivity index (χ0v) is 9.14. The summed E-state index contributed by atoms with van der Waals surface area (Å²) < 4.78 is 25.8. The minimum Gasteiger partial charge on any atom is -0.383 e. The third-order valence-corrected chi connectivity index (χ3v) is 3.15. The predicted molar refractivity (Wildman–Crippen MR) is 53.1 cm³/mol. The molecular formula is C7H14N4O2S. The summed E-state index contributed by atoms with van der Waals surface area (Å²) in [5, 5.41) is 5.92. The average Bonchev–Trinajstić information content (AvgIpc) is 2.29. The summed E-state index contributed by atoms with van der Waals surface area (Å²) >= 11 is 0. The maximum Gasteiger partial charge on any atom is 0.246 e. The lowest BCUT2D eigenvalue weighted by atomic mass is 10.1. The molecular weight excluding hydrogens is 204 g/mol. The lowest BCUT2D eigenvalue weighted by Crippen LogP contribution is -2.40. The van der Waals surface area contributed by atoms with E-state index >= 15 is 0 Å². The van der Waals surface area contributed by atoms with Gasteiger partial charge in [-0.3, -0.25) is 5.10 Å². The summed E-state index contributed by atoms with van der Waals surface area (Å²) in [6.07, 6.45) is 1.18. The van der Waals surface area contributed by atoms with E-state index in [0.29, 0.717) is 0 Å². The molecule has 0 aromatic carbocycles. The first-order valence-corrected chi connectivity index (χ1v) is 5.53. The van der Waals surface area contributed by atoms with E-state index in [1.807, 2.05) is 0 Å². The van der Waals surface area contributed by atoms with Crippen molar-refractivity contribution in [1.29, 1.82) is 0 Å². The summed E-state index contributed by atoms with van der Waals surface area (Å²) in [7, 11) is -3.57. The van der Waals surface area contributed by atoms with Crippen LogP contribution in [-0.2, 0) is 10.0 Å². The van der Waals surface area contributed by atoms with Crippen molar-refractivity contribution >= 4 is 15.8 Å². The molecule has 0 bridgehead atoms. The van der Waals surface area contributed by atoms with E-state index in [2.05, 4.69) is 14.9 Å². The van der Waals surface area contributed by atoms with Crippen molar-refractivity contribution in [3.8, 4) is 0 Å². The van der Waals surface area contributed by atoms with E-state index in [0.717, 1.165) is 0 Å². The van der Waals surface area contributed by atoms with Crippen LogP contribution in [0.1, 0.15) is 20.8 Å². The lowest BCUT2D eigenvalue weighted by Gasteiger charge is -2.19. The van der Waals surface area contributed by atoms with Crippen molar-refractivity contribution in [2.75, 3.05) is 5.73 Å². The molecule has 0 aliphatic heterocycles. The minimum absolute atomic E-state index is 0.0209. The van der Waals surface area contributed by atoms with Crippen molar-refractivity contribution in [3.63, 3.8) is 0 Å². The first-order valence-electron chi connectivity index (χ1n) is 4.05. The van der Waals surface area contributed by atoms with E-state index in [1.165, 1.54) is 6.20 Å². The number of nitrogens with two attached hydrogens (primary N) is 1. The highest BCUT2D eigenvalue weighted by Crippen LogP contribution is 2.16. The van der Waals surface area contributed by atoms with E-state index in [4.69, 9.17) is 5.73 Å². The van der Waals surface area contributed by atoms with Gasteiger partial charge >= 0.3 is 0 Å². The minimum atomic E-state index is -3.57. The first kappa shape index (κ1) is 11.0. The Morgan fingerprint density at radius 3 is 2.43 bits per heavy atom. The summed E-state index contributed by atoms with van der Waals surface area (Å²) in [4.78, 5) is -0.0209. The van der Waals surface area contributed by atoms with Gasteiger partial charge in [0.2, 0.25) is 10.0 Å². The molecule has 0 fully saturated rings. The van der Waals surface area contributed by atoms with E-state index < -0.39 is 15.6 Å². The Balaban J connectivity index is 3.05. The number of H-pyrrole nitrogens is 1. The Bertz CT molecular complexity index is 415. The largest absolute Gasteiger partial charge is 0.383 e. The second-order valence-corrected chi connectivity index (χ2v) is 5.65. The van der Waals surface area contributed by atoms with Crippen molar-refractivity contribution < 1.29 is 8.42 Å². The molecule has 1 aromatic heterocycles. The van der Waals surface area contributed by atoms with Crippen LogP contribution in [-0.4, -0.2) is 24.2 Å². The molecule has 1 heterocycles. The fraction of sp³-hybridized carbons (Fsp3) is 0.571. The molecule has 6 nitrogen and oxygen atoms in total. The Hall–Kier alpha value is -1.08. The third-order valence-electron chi connectivity index (χ3n) is 1.36. The van der Waals surface area contributed by atoms with Crippen LogP contribution in [0.15, 0.2) is 11.1 Å². The van der Waals surface area contributed by atoms with E-state index in [-0.39, 0.29) is 10.7 Å². The topological polar surface area (TPSA) is 101 Å². The van der Waals surface area contributed by atoms with Gasteiger partial charge in [-0.2, -0.15) is 5.10 Å². The van der Waals surface area contributed by atoms with Gasteiger partial charge in [0.25, 0.3) is 0 Å². The second kappa shape index (κ2) is 3.25. The Labute approximate surface area is 82.9 Å². The van der Waals surface area contributed by atoms with E-state index in [1.54, 1.807) is 20.8 Å². The molecule has 1 aromatic rings. The molecule has 0 saturated carbocycles. The number of rotatable bonds is 2. The second-order valence-electron chi connectivity index (χ2n) is 4.00. The van der Waals surface area contributed by atoms with Crippen LogP contribution in [0.5, 0.6) is 0 Å². The molecule has 0 amide bonds. The Morgan fingerprint density at radius 2 is 2.07 bits per heavy atom. The molecule has 0 radical (unpaired) electrons. The predicted octanol–water partition coefficient (Wildman–Crippen LogP) is 0.0687. The molecule has 0 unspecified atom stereocenters. The van der Waals surface area contributed by atoms with Crippen LogP contribution in [0.4, 0.5) is 5.82 Å². The van der Waals surface area contributed by atoms with Crippen LogP contribution >= 0.6 is 0 Å². The van der Waals surface area contributed by atoms with Crippen LogP contribution in [0.2, 0.25) is 0 Å². The molecule has 7 heteroatoms. The number of anilines is 1. The van der Waals surface area contributed by atoms with Crippen molar-refractivity contribution in [2.24, 2.45) is 0 Å². The van der Waals surface area contributed by atoms with Gasteiger partial charge in [-0.25, -0.2) is 13.1 Å². The van der Waals surface area contributed by atoms with E-state index in [9.17, 15) is 8.42 Å². The van der Waals surface area contributed by atoms with Gasteiger partial charge in [0.05, 0.1) is 6.20 Å². The van der Waals surface area contributed by atoms with Gasteiger partial charge < -0.3 is 5.73 Å². The molecule has 0 saturated heterocycles. The van der Waals surface area contributed by atoms with Crippen molar-refractivity contribution in [1.82, 2.24) is 14.9 Å². The van der Waals surface area contributed by atoms with Crippen LogP contribution in [0, 0.1) is 0 Å². The van der Waals surface area contributed by atoms with Crippen LogP contribution in [0.3, 0.4) is 0 Å². The van der Waals surface area contributed by atoms with Gasteiger partial charge in [-0.15, -0.1) is 0 Å². The number of aromatic amines is 1. The number of nitrogens with one attached hydrogen (secondary N) is 2. The summed E-state index contributed by atoms with van der Waals surface area (Å²) in [5.74, 6) is 0.0433. The fourth-order valence-corrected chi connectivity index (χ4v) is 2.40. The molecule has 4 N–H and O–H groups in total. The Kier molecular flexibility index (Phi) is 2.55. The lowest BCUT2D eigenvalue weighted by molar-refractivity contribution is 0.492. The highest BCUT2D eigenvalue weighted by molar-refractivity contribution is 7.89. The number of hydrogen-bond donors (Lipinski definition) is 3. The standard InChI is InChI=1S/C7H14N4O2S/c1-7(2,3)11-14(12,13)5-4-9-10-6(5)8/h4,11H,1-3H3,(H3,8,9,10). The number of aromatic nitrogens is 2. The SMILES string of the molecule is CC(C)(C)NS(=O)(=O)c1cn[nH]c1N. The monoisotopic (exact) mass is 218 g/mol. The van der Waals surface area contributed by atoms with Gasteiger partial charge in [0.1, 0.15) is 10.7 Å². The molecule has 80 valence electrons. The van der Waals surface area contributed by atoms with Crippen LogP contribution in [0.25, 0.3) is 0 Å². The molecule has 14 heavy (non-hydrogen) atoms. The number of nitrogens with zero attached hydrogens (tertiary/aromatic N) is 1. The quantitative estimate of drug-likeness (QED) is 0.653. The molecule has 0 aliphatic carbocycles.